The zero-order valence-corrected chi connectivity index (χ0v) is 21.0. The molecule has 0 N–H and O–H groups in total. The van der Waals surface area contributed by atoms with Gasteiger partial charge in [-0.2, -0.15) is 0 Å². The van der Waals surface area contributed by atoms with Gasteiger partial charge >= 0.3 is 0 Å². The van der Waals surface area contributed by atoms with Gasteiger partial charge < -0.3 is 13.6 Å². The largest absolute Gasteiger partial charge is 0.456 e. The summed E-state index contributed by atoms with van der Waals surface area (Å²) in [6.45, 7) is 0. The van der Waals surface area contributed by atoms with E-state index in [1.807, 2.05) is 12.1 Å². The van der Waals surface area contributed by atoms with Crippen molar-refractivity contribution in [1.29, 1.82) is 0 Å². The summed E-state index contributed by atoms with van der Waals surface area (Å²) in [6.07, 6.45) is 0. The Balaban J connectivity index is 1.44. The van der Waals surface area contributed by atoms with Crippen LogP contribution in [0.15, 0.2) is 138 Å². The van der Waals surface area contributed by atoms with Crippen LogP contribution in [0.5, 0.6) is 0 Å². The Labute approximate surface area is 223 Å². The molecule has 0 aliphatic carbocycles. The first-order chi connectivity index (χ1) is 19.3. The highest BCUT2D eigenvalue weighted by atomic mass is 16.3. The summed E-state index contributed by atoms with van der Waals surface area (Å²) in [5.74, 6) is 0. The molecule has 39 heavy (non-hydrogen) atoms. The fourth-order valence-electron chi connectivity index (χ4n) is 6.42. The molecule has 0 amide bonds. The summed E-state index contributed by atoms with van der Waals surface area (Å²) in [6, 6.07) is 47.7. The number of nitrogens with zero attached hydrogens (tertiary/aromatic N) is 2. The summed E-state index contributed by atoms with van der Waals surface area (Å²) < 4.78 is 10.9. The van der Waals surface area contributed by atoms with E-state index in [1.54, 1.807) is 0 Å². The molecule has 3 heteroatoms. The Hall–Kier alpha value is -5.28. The van der Waals surface area contributed by atoms with Crippen LogP contribution in [0, 0.1) is 0 Å². The third-order valence-electron chi connectivity index (χ3n) is 8.10. The SMILES string of the molecule is c1ccc(-n2c3ccccc3c3cc4c5ccccc5n(-c5ccc6oc7ccccc7c6c5)c4cc32)cc1. The van der Waals surface area contributed by atoms with E-state index >= 15 is 0 Å². The van der Waals surface area contributed by atoms with Crippen molar-refractivity contribution < 1.29 is 4.42 Å². The number of para-hydroxylation sites is 4. The highest BCUT2D eigenvalue weighted by Crippen LogP contribution is 2.40. The molecule has 0 spiro atoms. The van der Waals surface area contributed by atoms with Gasteiger partial charge in [0.2, 0.25) is 0 Å². The fraction of sp³-hybridized carbons (Fsp3) is 0. The number of benzene rings is 6. The number of hydrogen-bond donors (Lipinski definition) is 0. The van der Waals surface area contributed by atoms with Gasteiger partial charge in [0.1, 0.15) is 11.2 Å². The predicted molar refractivity (Wildman–Crippen MR) is 162 cm³/mol. The summed E-state index contributed by atoms with van der Waals surface area (Å²) in [5, 5.41) is 7.31. The maximum Gasteiger partial charge on any atom is 0.135 e. The molecule has 0 atom stereocenters. The number of furan rings is 1. The first kappa shape index (κ1) is 20.7. The van der Waals surface area contributed by atoms with Crippen molar-refractivity contribution in [2.45, 2.75) is 0 Å². The van der Waals surface area contributed by atoms with Gasteiger partial charge in [0.25, 0.3) is 0 Å². The van der Waals surface area contributed by atoms with Crippen molar-refractivity contribution in [3.8, 4) is 11.4 Å². The topological polar surface area (TPSA) is 23.0 Å². The lowest BCUT2D eigenvalue weighted by Crippen LogP contribution is -1.95. The van der Waals surface area contributed by atoms with Crippen molar-refractivity contribution in [2.24, 2.45) is 0 Å². The first-order valence-electron chi connectivity index (χ1n) is 13.3. The predicted octanol–water partition coefficient (Wildman–Crippen LogP) is 9.78. The Bertz CT molecular complexity index is 2390. The van der Waals surface area contributed by atoms with Gasteiger partial charge in [-0.3, -0.25) is 0 Å². The zero-order chi connectivity index (χ0) is 25.5. The summed E-state index contributed by atoms with van der Waals surface area (Å²) in [7, 11) is 0. The molecule has 0 radical (unpaired) electrons. The smallest absolute Gasteiger partial charge is 0.135 e. The van der Waals surface area contributed by atoms with E-state index in [0.29, 0.717) is 0 Å². The van der Waals surface area contributed by atoms with Crippen molar-refractivity contribution in [1.82, 2.24) is 9.13 Å². The Morgan fingerprint density at radius 2 is 0.897 bits per heavy atom. The van der Waals surface area contributed by atoms with E-state index in [4.69, 9.17) is 4.42 Å². The third-order valence-corrected chi connectivity index (χ3v) is 8.10. The number of fused-ring (bicyclic) bond motifs is 9. The van der Waals surface area contributed by atoms with Gasteiger partial charge in [-0.15, -0.1) is 0 Å². The second kappa shape index (κ2) is 7.62. The number of hydrogen-bond acceptors (Lipinski definition) is 1. The molecular formula is C36H22N2O. The molecule has 0 saturated carbocycles. The Morgan fingerprint density at radius 3 is 1.62 bits per heavy atom. The minimum atomic E-state index is 0.910. The van der Waals surface area contributed by atoms with Gasteiger partial charge in [0.15, 0.2) is 0 Å². The summed E-state index contributed by atoms with van der Waals surface area (Å²) in [5.41, 5.74) is 8.92. The minimum absolute atomic E-state index is 0.910. The van der Waals surface area contributed by atoms with Crippen LogP contribution >= 0.6 is 0 Å². The molecule has 3 nitrogen and oxygen atoms in total. The lowest BCUT2D eigenvalue weighted by atomic mass is 10.1. The standard InChI is InChI=1S/C36H22N2O/c1-2-10-23(11-3-1)37-31-15-7-4-12-25(31)28-21-29-26-13-5-8-16-32(26)38(34(29)22-33(28)37)24-18-19-36-30(20-24)27-14-6-9-17-35(27)39-36/h1-22H. The Kier molecular flexibility index (Phi) is 4.05. The molecule has 0 aliphatic rings. The molecule has 6 aromatic carbocycles. The molecular weight excluding hydrogens is 476 g/mol. The Morgan fingerprint density at radius 1 is 0.333 bits per heavy atom. The van der Waals surface area contributed by atoms with E-state index in [9.17, 15) is 0 Å². The molecule has 3 aromatic heterocycles. The fourth-order valence-corrected chi connectivity index (χ4v) is 6.42. The van der Waals surface area contributed by atoms with Gasteiger partial charge in [-0.05, 0) is 60.7 Å². The molecule has 0 fully saturated rings. The monoisotopic (exact) mass is 498 g/mol. The van der Waals surface area contributed by atoms with Crippen molar-refractivity contribution >= 4 is 65.6 Å². The molecule has 3 heterocycles. The number of aromatic nitrogens is 2. The van der Waals surface area contributed by atoms with Crippen molar-refractivity contribution in [3.05, 3.63) is 133 Å². The quantitative estimate of drug-likeness (QED) is 0.233. The van der Waals surface area contributed by atoms with Gasteiger partial charge in [0.05, 0.1) is 22.1 Å². The lowest BCUT2D eigenvalue weighted by molar-refractivity contribution is 0.669. The van der Waals surface area contributed by atoms with Crippen LogP contribution in [-0.2, 0) is 0 Å². The second-order valence-corrected chi connectivity index (χ2v) is 10.2. The molecule has 182 valence electrons. The number of rotatable bonds is 2. The van der Waals surface area contributed by atoms with Crippen LogP contribution < -0.4 is 0 Å². The second-order valence-electron chi connectivity index (χ2n) is 10.2. The van der Waals surface area contributed by atoms with Crippen molar-refractivity contribution in [2.75, 3.05) is 0 Å². The molecule has 0 aliphatic heterocycles. The maximum atomic E-state index is 6.14. The van der Waals surface area contributed by atoms with E-state index < -0.39 is 0 Å². The average Bonchev–Trinajstić information content (AvgIpc) is 3.63. The molecule has 9 aromatic rings. The summed E-state index contributed by atoms with van der Waals surface area (Å²) >= 11 is 0. The zero-order valence-electron chi connectivity index (χ0n) is 21.0. The lowest BCUT2D eigenvalue weighted by Gasteiger charge is -2.10. The normalized spacial score (nSPS) is 12.1. The molecule has 9 rings (SSSR count). The van der Waals surface area contributed by atoms with E-state index in [1.165, 1.54) is 43.6 Å². The maximum absolute atomic E-state index is 6.14. The summed E-state index contributed by atoms with van der Waals surface area (Å²) in [4.78, 5) is 0. The first-order valence-corrected chi connectivity index (χ1v) is 13.3. The molecule has 0 saturated heterocycles. The molecule has 0 bridgehead atoms. The molecule has 0 unspecified atom stereocenters. The average molecular weight is 499 g/mol. The third kappa shape index (κ3) is 2.82. The van der Waals surface area contributed by atoms with E-state index in [0.717, 1.165) is 33.3 Å². The van der Waals surface area contributed by atoms with Crippen LogP contribution in [0.2, 0.25) is 0 Å². The van der Waals surface area contributed by atoms with Crippen LogP contribution in [0.3, 0.4) is 0 Å². The van der Waals surface area contributed by atoms with Gasteiger partial charge in [-0.1, -0.05) is 72.8 Å². The van der Waals surface area contributed by atoms with Gasteiger partial charge in [-0.25, -0.2) is 0 Å². The van der Waals surface area contributed by atoms with Gasteiger partial charge in [0, 0.05) is 43.7 Å². The minimum Gasteiger partial charge on any atom is -0.456 e. The highest BCUT2D eigenvalue weighted by Gasteiger charge is 2.18. The van der Waals surface area contributed by atoms with Crippen LogP contribution in [-0.4, -0.2) is 9.13 Å². The van der Waals surface area contributed by atoms with E-state index in [-0.39, 0.29) is 0 Å². The highest BCUT2D eigenvalue weighted by molar-refractivity contribution is 6.19. The van der Waals surface area contributed by atoms with Crippen LogP contribution in [0.25, 0.3) is 76.9 Å². The van der Waals surface area contributed by atoms with E-state index in [2.05, 4.69) is 130 Å². The van der Waals surface area contributed by atoms with Crippen LogP contribution in [0.1, 0.15) is 0 Å². The van der Waals surface area contributed by atoms with Crippen molar-refractivity contribution in [3.63, 3.8) is 0 Å². The van der Waals surface area contributed by atoms with Crippen LogP contribution in [0.4, 0.5) is 0 Å².